The zero-order valence-corrected chi connectivity index (χ0v) is 19.9. The molecule has 3 aromatic carbocycles. The van der Waals surface area contributed by atoms with Crippen LogP contribution in [-0.2, 0) is 4.79 Å². The first kappa shape index (κ1) is 22.9. The Morgan fingerprint density at radius 1 is 1.09 bits per heavy atom. The van der Waals surface area contributed by atoms with Gasteiger partial charge in [0.25, 0.3) is 11.8 Å². The second-order valence-corrected chi connectivity index (χ2v) is 8.71. The van der Waals surface area contributed by atoms with Gasteiger partial charge in [-0.3, -0.25) is 9.59 Å². The van der Waals surface area contributed by atoms with Crippen molar-refractivity contribution in [3.05, 3.63) is 82.3 Å². The number of benzene rings is 3. The van der Waals surface area contributed by atoms with Crippen LogP contribution in [0.15, 0.2) is 71.2 Å². The molecule has 2 amide bonds. The molecule has 1 aliphatic rings. The minimum Gasteiger partial charge on any atom is -0.493 e. The number of hydrogen-bond acceptors (Lipinski definition) is 4. The molecular formula is C26H25BrN2O4. The lowest BCUT2D eigenvalue weighted by Gasteiger charge is -2.30. The highest BCUT2D eigenvalue weighted by Crippen LogP contribution is 2.35. The van der Waals surface area contributed by atoms with E-state index >= 15 is 0 Å². The quantitative estimate of drug-likeness (QED) is 0.402. The van der Waals surface area contributed by atoms with E-state index in [2.05, 4.69) is 21.2 Å². The topological polar surface area (TPSA) is 67.9 Å². The summed E-state index contributed by atoms with van der Waals surface area (Å²) in [6, 6.07) is 20.4. The third kappa shape index (κ3) is 5.73. The second-order valence-electron chi connectivity index (χ2n) is 7.80. The summed E-state index contributed by atoms with van der Waals surface area (Å²) in [7, 11) is 0. The van der Waals surface area contributed by atoms with E-state index in [-0.39, 0.29) is 18.4 Å². The van der Waals surface area contributed by atoms with Gasteiger partial charge >= 0.3 is 0 Å². The van der Waals surface area contributed by atoms with E-state index in [9.17, 15) is 9.59 Å². The van der Waals surface area contributed by atoms with Crippen molar-refractivity contribution < 1.29 is 19.1 Å². The lowest BCUT2D eigenvalue weighted by atomic mass is 10.1. The monoisotopic (exact) mass is 508 g/mol. The number of fused-ring (bicyclic) bond motifs is 1. The number of unbranched alkanes of at least 4 members (excludes halogenated alkanes) is 1. The van der Waals surface area contributed by atoms with Crippen LogP contribution in [0.25, 0.3) is 0 Å². The van der Waals surface area contributed by atoms with Gasteiger partial charge in [-0.1, -0.05) is 34.1 Å². The van der Waals surface area contributed by atoms with Crippen molar-refractivity contribution >= 4 is 39.1 Å². The van der Waals surface area contributed by atoms with Gasteiger partial charge in [0.2, 0.25) is 0 Å². The summed E-state index contributed by atoms with van der Waals surface area (Å²) < 4.78 is 12.4. The molecule has 0 saturated heterocycles. The maximum atomic E-state index is 12.6. The Kier molecular flexibility index (Phi) is 7.29. The average Bonchev–Trinajstić information content (AvgIpc) is 2.81. The van der Waals surface area contributed by atoms with Crippen molar-refractivity contribution in [1.29, 1.82) is 0 Å². The van der Waals surface area contributed by atoms with Gasteiger partial charge in [0.05, 0.1) is 12.3 Å². The largest absolute Gasteiger partial charge is 0.493 e. The van der Waals surface area contributed by atoms with Gasteiger partial charge < -0.3 is 19.7 Å². The summed E-state index contributed by atoms with van der Waals surface area (Å²) in [6.07, 6.45) is 1.60. The zero-order chi connectivity index (χ0) is 23.2. The third-order valence-corrected chi connectivity index (χ3v) is 5.92. The Bertz CT molecular complexity index is 1150. The van der Waals surface area contributed by atoms with Crippen molar-refractivity contribution in [2.24, 2.45) is 0 Å². The van der Waals surface area contributed by atoms with E-state index in [1.807, 2.05) is 43.3 Å². The van der Waals surface area contributed by atoms with Crippen molar-refractivity contribution in [2.45, 2.75) is 19.8 Å². The Morgan fingerprint density at radius 2 is 1.88 bits per heavy atom. The molecule has 0 aromatic heterocycles. The normalized spacial score (nSPS) is 12.7. The first-order chi connectivity index (χ1) is 16.0. The molecule has 0 fully saturated rings. The summed E-state index contributed by atoms with van der Waals surface area (Å²) in [4.78, 5) is 26.8. The molecule has 0 bridgehead atoms. The number of carbonyl (C=O) groups is 2. The van der Waals surface area contributed by atoms with Gasteiger partial charge in [-0.05, 0) is 73.9 Å². The summed E-state index contributed by atoms with van der Waals surface area (Å²) in [5.41, 5.74) is 2.92. The van der Waals surface area contributed by atoms with Gasteiger partial charge in [0.1, 0.15) is 11.5 Å². The molecule has 0 saturated carbocycles. The molecule has 0 atom stereocenters. The molecule has 4 rings (SSSR count). The van der Waals surface area contributed by atoms with Crippen molar-refractivity contribution in [1.82, 2.24) is 0 Å². The Hall–Kier alpha value is -3.32. The highest BCUT2D eigenvalue weighted by atomic mass is 79.9. The number of ether oxygens (including phenoxy) is 2. The number of anilines is 2. The molecule has 0 spiro atoms. The number of aryl methyl sites for hydroxylation is 1. The maximum Gasteiger partial charge on any atom is 0.265 e. The SMILES string of the molecule is Cc1ccccc1OCCCCN1C(=O)COc2ccc(NC(=O)c3ccc(Br)cc3)cc21. The van der Waals surface area contributed by atoms with Gasteiger partial charge in [-0.15, -0.1) is 0 Å². The van der Waals surface area contributed by atoms with Crippen LogP contribution >= 0.6 is 15.9 Å². The second kappa shape index (κ2) is 10.5. The molecule has 0 unspecified atom stereocenters. The van der Waals surface area contributed by atoms with E-state index in [4.69, 9.17) is 9.47 Å². The lowest BCUT2D eigenvalue weighted by molar-refractivity contribution is -0.121. The van der Waals surface area contributed by atoms with Gasteiger partial charge in [-0.25, -0.2) is 0 Å². The standard InChI is InChI=1S/C26H25BrN2O4/c1-18-6-2-3-7-23(18)32-15-5-4-14-29-22-16-21(12-13-24(22)33-17-25(29)30)28-26(31)19-8-10-20(27)11-9-19/h2-3,6-13,16H,4-5,14-15,17H2,1H3,(H,28,31). The fourth-order valence-corrected chi connectivity index (χ4v) is 3.87. The van der Waals surface area contributed by atoms with Crippen LogP contribution in [-0.4, -0.2) is 31.6 Å². The summed E-state index contributed by atoms with van der Waals surface area (Å²) in [5.74, 6) is 1.20. The van der Waals surface area contributed by atoms with E-state index in [0.29, 0.717) is 35.8 Å². The van der Waals surface area contributed by atoms with E-state index in [0.717, 1.165) is 28.6 Å². The molecule has 7 heteroatoms. The molecule has 0 radical (unpaired) electrons. The smallest absolute Gasteiger partial charge is 0.265 e. The molecule has 3 aromatic rings. The van der Waals surface area contributed by atoms with E-state index in [1.54, 1.807) is 35.2 Å². The van der Waals surface area contributed by atoms with Crippen molar-refractivity contribution in [3.63, 3.8) is 0 Å². The Labute approximate surface area is 201 Å². The number of nitrogens with one attached hydrogen (secondary N) is 1. The zero-order valence-electron chi connectivity index (χ0n) is 18.3. The third-order valence-electron chi connectivity index (χ3n) is 5.39. The van der Waals surface area contributed by atoms with E-state index < -0.39 is 0 Å². The van der Waals surface area contributed by atoms with Crippen molar-refractivity contribution in [3.8, 4) is 11.5 Å². The number of nitrogens with zero attached hydrogens (tertiary/aromatic N) is 1. The maximum absolute atomic E-state index is 12.6. The Balaban J connectivity index is 1.37. The molecule has 33 heavy (non-hydrogen) atoms. The molecule has 1 N–H and O–H groups in total. The van der Waals surface area contributed by atoms with Crippen LogP contribution < -0.4 is 19.7 Å². The summed E-state index contributed by atoms with van der Waals surface area (Å²) in [6.45, 7) is 3.17. The van der Waals surface area contributed by atoms with Crippen LogP contribution in [0.1, 0.15) is 28.8 Å². The van der Waals surface area contributed by atoms with Crippen LogP contribution in [0.5, 0.6) is 11.5 Å². The predicted molar refractivity (Wildman–Crippen MR) is 132 cm³/mol. The highest BCUT2D eigenvalue weighted by Gasteiger charge is 2.25. The van der Waals surface area contributed by atoms with Crippen LogP contribution in [0.2, 0.25) is 0 Å². The number of halogens is 1. The first-order valence-electron chi connectivity index (χ1n) is 10.8. The van der Waals surface area contributed by atoms with Gasteiger partial charge in [0.15, 0.2) is 6.61 Å². The number of para-hydroxylation sites is 1. The predicted octanol–water partition coefficient (Wildman–Crippen LogP) is 5.59. The van der Waals surface area contributed by atoms with Crippen LogP contribution in [0.3, 0.4) is 0 Å². The number of rotatable bonds is 8. The Morgan fingerprint density at radius 3 is 2.67 bits per heavy atom. The molecule has 1 aliphatic heterocycles. The molecule has 6 nitrogen and oxygen atoms in total. The molecule has 170 valence electrons. The van der Waals surface area contributed by atoms with Crippen LogP contribution in [0, 0.1) is 6.92 Å². The van der Waals surface area contributed by atoms with Crippen LogP contribution in [0.4, 0.5) is 11.4 Å². The summed E-state index contributed by atoms with van der Waals surface area (Å²) >= 11 is 3.37. The fraction of sp³-hybridized carbons (Fsp3) is 0.231. The first-order valence-corrected chi connectivity index (χ1v) is 11.6. The minimum absolute atomic E-state index is 0.0112. The number of carbonyl (C=O) groups excluding carboxylic acids is 2. The minimum atomic E-state index is -0.217. The molecule has 0 aliphatic carbocycles. The van der Waals surface area contributed by atoms with Gasteiger partial charge in [0, 0.05) is 22.3 Å². The fourth-order valence-electron chi connectivity index (χ4n) is 3.60. The molecule has 1 heterocycles. The summed E-state index contributed by atoms with van der Waals surface area (Å²) in [5, 5.41) is 2.90. The highest BCUT2D eigenvalue weighted by molar-refractivity contribution is 9.10. The number of hydrogen-bond donors (Lipinski definition) is 1. The van der Waals surface area contributed by atoms with Crippen molar-refractivity contribution in [2.75, 3.05) is 30.0 Å². The van der Waals surface area contributed by atoms with E-state index in [1.165, 1.54) is 0 Å². The van der Waals surface area contributed by atoms with Gasteiger partial charge in [-0.2, -0.15) is 0 Å². The lowest BCUT2D eigenvalue weighted by Crippen LogP contribution is -2.39. The molecular weight excluding hydrogens is 484 g/mol. The average molecular weight is 509 g/mol. The number of amides is 2.